The molecule has 4 aromatic rings. The van der Waals surface area contributed by atoms with E-state index in [2.05, 4.69) is 5.10 Å². The molecule has 2 heterocycles. The number of rotatable bonds is 5. The fraction of sp³-hybridized carbons (Fsp3) is 0.174. The average Bonchev–Trinajstić information content (AvgIpc) is 3.09. The molecule has 4 rings (SSSR count). The molecule has 8 nitrogen and oxygen atoms in total. The Morgan fingerprint density at radius 1 is 1.10 bits per heavy atom. The molecule has 0 atom stereocenters. The standard InChI is InChI=1S/C23H21N3O5/c1-13-16-8-9-18(30-12-21(28)26-19(24)11-20(27)25-26)14(2)22(16)31-23(29)17(13)10-15-6-4-3-5-7-15/h3-9,11H,10,12,24H2,1-2H3,(H,25,27). The summed E-state index contributed by atoms with van der Waals surface area (Å²) in [6.07, 6.45) is 0.479. The van der Waals surface area contributed by atoms with Gasteiger partial charge in [0.05, 0.1) is 0 Å². The summed E-state index contributed by atoms with van der Waals surface area (Å²) in [6.45, 7) is 3.30. The molecule has 0 aliphatic rings. The predicted octanol–water partition coefficient (Wildman–Crippen LogP) is 2.79. The van der Waals surface area contributed by atoms with Crippen molar-refractivity contribution in [2.75, 3.05) is 12.3 Å². The van der Waals surface area contributed by atoms with Gasteiger partial charge in [0.15, 0.2) is 6.61 Å². The number of anilines is 1. The van der Waals surface area contributed by atoms with Crippen LogP contribution in [0.4, 0.5) is 5.82 Å². The number of benzene rings is 2. The van der Waals surface area contributed by atoms with Gasteiger partial charge < -0.3 is 14.9 Å². The SMILES string of the molecule is Cc1c(Cc2ccccc2)c(=O)oc2c(C)c(OCC(=O)n3[nH]c(=O)cc3N)ccc12. The van der Waals surface area contributed by atoms with Crippen molar-refractivity contribution < 1.29 is 13.9 Å². The monoisotopic (exact) mass is 419 g/mol. The number of nitrogens with zero attached hydrogens (tertiary/aromatic N) is 1. The first-order valence-corrected chi connectivity index (χ1v) is 9.68. The number of nitrogens with one attached hydrogen (secondary N) is 1. The normalized spacial score (nSPS) is 11.0. The minimum absolute atomic E-state index is 0.00130. The van der Waals surface area contributed by atoms with Gasteiger partial charge >= 0.3 is 5.63 Å². The average molecular weight is 419 g/mol. The van der Waals surface area contributed by atoms with Crippen molar-refractivity contribution in [2.45, 2.75) is 20.3 Å². The van der Waals surface area contributed by atoms with Gasteiger partial charge in [-0.3, -0.25) is 14.7 Å². The molecule has 31 heavy (non-hydrogen) atoms. The largest absolute Gasteiger partial charge is 0.483 e. The highest BCUT2D eigenvalue weighted by atomic mass is 16.5. The van der Waals surface area contributed by atoms with Crippen molar-refractivity contribution >= 4 is 22.7 Å². The van der Waals surface area contributed by atoms with E-state index in [1.54, 1.807) is 19.1 Å². The number of carbonyl (C=O) groups excluding carboxylic acids is 1. The second kappa shape index (κ2) is 7.98. The molecular formula is C23H21N3O5. The van der Waals surface area contributed by atoms with E-state index < -0.39 is 17.1 Å². The van der Waals surface area contributed by atoms with Gasteiger partial charge in [0.25, 0.3) is 11.5 Å². The van der Waals surface area contributed by atoms with Crippen LogP contribution >= 0.6 is 0 Å². The number of nitrogens with two attached hydrogens (primary N) is 1. The van der Waals surface area contributed by atoms with Crippen LogP contribution < -0.4 is 21.7 Å². The van der Waals surface area contributed by atoms with Crippen LogP contribution in [0.15, 0.2) is 62.5 Å². The highest BCUT2D eigenvalue weighted by molar-refractivity contribution is 5.86. The van der Waals surface area contributed by atoms with Gasteiger partial charge in [0.1, 0.15) is 17.2 Å². The second-order valence-electron chi connectivity index (χ2n) is 7.28. The van der Waals surface area contributed by atoms with Gasteiger partial charge in [0, 0.05) is 29.0 Å². The third kappa shape index (κ3) is 3.87. The quantitative estimate of drug-likeness (QED) is 0.480. The summed E-state index contributed by atoms with van der Waals surface area (Å²) in [5.74, 6) is -0.136. The summed E-state index contributed by atoms with van der Waals surface area (Å²) in [5.41, 5.74) is 8.24. The second-order valence-corrected chi connectivity index (χ2v) is 7.28. The van der Waals surface area contributed by atoms with Gasteiger partial charge in [-0.05, 0) is 37.1 Å². The van der Waals surface area contributed by atoms with Crippen molar-refractivity contribution in [3.63, 3.8) is 0 Å². The number of aromatic amines is 1. The van der Waals surface area contributed by atoms with E-state index in [1.807, 2.05) is 37.3 Å². The Bertz CT molecular complexity index is 1400. The van der Waals surface area contributed by atoms with Crippen LogP contribution in [-0.4, -0.2) is 22.3 Å². The van der Waals surface area contributed by atoms with Crippen molar-refractivity contribution in [1.29, 1.82) is 0 Å². The molecule has 0 amide bonds. The molecule has 3 N–H and O–H groups in total. The number of fused-ring (bicyclic) bond motifs is 1. The smallest absolute Gasteiger partial charge is 0.340 e. The Morgan fingerprint density at radius 3 is 2.52 bits per heavy atom. The summed E-state index contributed by atoms with van der Waals surface area (Å²) < 4.78 is 12.2. The molecule has 0 aliphatic heterocycles. The minimum atomic E-state index is -0.532. The highest BCUT2D eigenvalue weighted by Gasteiger charge is 2.17. The Morgan fingerprint density at radius 2 is 1.84 bits per heavy atom. The maximum Gasteiger partial charge on any atom is 0.340 e. The van der Waals surface area contributed by atoms with Crippen molar-refractivity contribution in [3.05, 3.63) is 91.6 Å². The molecule has 8 heteroatoms. The molecule has 0 saturated heterocycles. The summed E-state index contributed by atoms with van der Waals surface area (Å²) in [5, 5.41) is 3.12. The van der Waals surface area contributed by atoms with Crippen molar-refractivity contribution in [1.82, 2.24) is 9.78 Å². The van der Waals surface area contributed by atoms with Crippen LogP contribution in [0.25, 0.3) is 11.0 Å². The van der Waals surface area contributed by atoms with E-state index in [1.165, 1.54) is 0 Å². The zero-order chi connectivity index (χ0) is 22.1. The summed E-state index contributed by atoms with van der Waals surface area (Å²) in [7, 11) is 0. The van der Waals surface area contributed by atoms with E-state index >= 15 is 0 Å². The lowest BCUT2D eigenvalue weighted by Crippen LogP contribution is -2.23. The molecule has 0 aliphatic carbocycles. The fourth-order valence-corrected chi connectivity index (χ4v) is 3.55. The zero-order valence-corrected chi connectivity index (χ0v) is 17.1. The van der Waals surface area contributed by atoms with Crippen LogP contribution in [0.2, 0.25) is 0 Å². The number of nitrogen functional groups attached to an aromatic ring is 1. The van der Waals surface area contributed by atoms with E-state index in [0.717, 1.165) is 27.3 Å². The number of carbonyl (C=O) groups is 1. The summed E-state index contributed by atoms with van der Waals surface area (Å²) in [4.78, 5) is 36.3. The number of ether oxygens (including phenoxy) is 1. The lowest BCUT2D eigenvalue weighted by molar-refractivity contribution is 0.0823. The van der Waals surface area contributed by atoms with Crippen molar-refractivity contribution in [3.8, 4) is 5.75 Å². The summed E-state index contributed by atoms with van der Waals surface area (Å²) in [6, 6.07) is 14.4. The number of H-pyrrole nitrogens is 1. The number of aromatic nitrogens is 2. The third-order valence-electron chi connectivity index (χ3n) is 5.24. The first-order chi connectivity index (χ1) is 14.8. The minimum Gasteiger partial charge on any atom is -0.483 e. The highest BCUT2D eigenvalue weighted by Crippen LogP contribution is 2.30. The van der Waals surface area contributed by atoms with Gasteiger partial charge in [-0.2, -0.15) is 0 Å². The lowest BCUT2D eigenvalue weighted by Gasteiger charge is -2.13. The topological polar surface area (TPSA) is 120 Å². The third-order valence-corrected chi connectivity index (χ3v) is 5.24. The van der Waals surface area contributed by atoms with Crippen LogP contribution in [0.3, 0.4) is 0 Å². The predicted molar refractivity (Wildman–Crippen MR) is 117 cm³/mol. The van der Waals surface area contributed by atoms with E-state index in [-0.39, 0.29) is 12.4 Å². The molecule has 0 saturated carbocycles. The molecule has 158 valence electrons. The van der Waals surface area contributed by atoms with Gasteiger partial charge in [0.2, 0.25) is 0 Å². The Hall–Kier alpha value is -4.07. The Labute approximate surface area is 176 Å². The van der Waals surface area contributed by atoms with E-state index in [9.17, 15) is 14.4 Å². The molecule has 0 fully saturated rings. The fourth-order valence-electron chi connectivity index (χ4n) is 3.55. The first-order valence-electron chi connectivity index (χ1n) is 9.68. The first kappa shape index (κ1) is 20.2. The van der Waals surface area contributed by atoms with Gasteiger partial charge in [-0.25, -0.2) is 9.48 Å². The maximum atomic E-state index is 12.7. The van der Waals surface area contributed by atoms with Gasteiger partial charge in [-0.15, -0.1) is 0 Å². The van der Waals surface area contributed by atoms with Crippen molar-refractivity contribution in [2.24, 2.45) is 0 Å². The molecular weight excluding hydrogens is 398 g/mol. The summed E-state index contributed by atoms with van der Waals surface area (Å²) >= 11 is 0. The van der Waals surface area contributed by atoms with E-state index in [0.29, 0.717) is 28.9 Å². The Balaban J connectivity index is 1.64. The van der Waals surface area contributed by atoms with Crippen LogP contribution in [0.5, 0.6) is 5.75 Å². The van der Waals surface area contributed by atoms with E-state index in [4.69, 9.17) is 14.9 Å². The molecule has 0 radical (unpaired) electrons. The van der Waals surface area contributed by atoms with Gasteiger partial charge in [-0.1, -0.05) is 30.3 Å². The number of hydrogen-bond acceptors (Lipinski definition) is 6. The zero-order valence-electron chi connectivity index (χ0n) is 17.1. The molecule has 0 bridgehead atoms. The Kier molecular flexibility index (Phi) is 5.21. The van der Waals surface area contributed by atoms with Crippen LogP contribution in [0.1, 0.15) is 27.0 Å². The maximum absolute atomic E-state index is 12.7. The number of aryl methyl sites for hydroxylation is 2. The lowest BCUT2D eigenvalue weighted by atomic mass is 9.98. The molecule has 0 spiro atoms. The molecule has 2 aromatic carbocycles. The van der Waals surface area contributed by atoms with Crippen LogP contribution in [0, 0.1) is 13.8 Å². The van der Waals surface area contributed by atoms with Crippen LogP contribution in [-0.2, 0) is 6.42 Å². The molecule has 2 aromatic heterocycles. The molecule has 0 unspecified atom stereocenters. The number of hydrogen-bond donors (Lipinski definition) is 2.